The molecule has 1 aliphatic rings. The van der Waals surface area contributed by atoms with E-state index >= 15 is 0 Å². The molecule has 1 aliphatic heterocycles. The number of aromatic nitrogens is 6. The third-order valence-corrected chi connectivity index (χ3v) is 6.42. The van der Waals surface area contributed by atoms with Gasteiger partial charge in [0.15, 0.2) is 0 Å². The summed E-state index contributed by atoms with van der Waals surface area (Å²) in [6.45, 7) is 6.10. The van der Waals surface area contributed by atoms with Crippen LogP contribution in [-0.4, -0.2) is 73.6 Å². The number of carbonyl (C=O) groups is 1. The zero-order chi connectivity index (χ0) is 26.4. The molecule has 0 bridgehead atoms. The summed E-state index contributed by atoms with van der Waals surface area (Å²) in [4.78, 5) is 13.8. The van der Waals surface area contributed by atoms with Crippen LogP contribution in [0.25, 0.3) is 16.9 Å². The minimum atomic E-state index is -0.627. The van der Waals surface area contributed by atoms with Crippen molar-refractivity contribution in [3.05, 3.63) is 66.2 Å². The van der Waals surface area contributed by atoms with Gasteiger partial charge in [0.2, 0.25) is 0 Å². The number of para-hydroxylation sites is 1. The minimum Gasteiger partial charge on any atom is -0.383 e. The van der Waals surface area contributed by atoms with Gasteiger partial charge in [0.05, 0.1) is 24.7 Å². The topological polar surface area (TPSA) is 121 Å². The molecule has 11 heteroatoms. The lowest BCUT2D eigenvalue weighted by Crippen LogP contribution is -2.24. The van der Waals surface area contributed by atoms with Crippen molar-refractivity contribution in [1.29, 1.82) is 0 Å². The van der Waals surface area contributed by atoms with E-state index < -0.39 is 6.03 Å². The molecule has 1 saturated heterocycles. The number of aryl methyl sites for hydroxylation is 2. The van der Waals surface area contributed by atoms with E-state index in [0.29, 0.717) is 11.7 Å². The SMILES string of the molecule is COCCN1CCC(c2cnn(C)c2)C1.Cc1c(-c2cnn(C)c2)nn(-c2ccccc2)c1NC(N)=O. The molecule has 3 N–H and O–H groups in total. The van der Waals surface area contributed by atoms with E-state index in [1.807, 2.05) is 68.4 Å². The number of nitrogens with two attached hydrogens (primary N) is 1. The first kappa shape index (κ1) is 26.1. The van der Waals surface area contributed by atoms with Crippen molar-refractivity contribution < 1.29 is 9.53 Å². The number of nitrogens with zero attached hydrogens (tertiary/aromatic N) is 7. The van der Waals surface area contributed by atoms with Gasteiger partial charge in [-0.2, -0.15) is 15.3 Å². The molecule has 2 amide bonds. The van der Waals surface area contributed by atoms with Gasteiger partial charge in [-0.05, 0) is 37.6 Å². The molecule has 196 valence electrons. The average Bonchev–Trinajstić information content (AvgIpc) is 3.67. The van der Waals surface area contributed by atoms with Crippen LogP contribution >= 0.6 is 0 Å². The number of carbonyl (C=O) groups excluding carboxylic acids is 1. The lowest BCUT2D eigenvalue weighted by Gasteiger charge is -2.14. The molecule has 4 aromatic rings. The average molecular weight is 506 g/mol. The summed E-state index contributed by atoms with van der Waals surface area (Å²) in [7, 11) is 5.57. The summed E-state index contributed by atoms with van der Waals surface area (Å²) < 4.78 is 10.3. The molecule has 11 nitrogen and oxygen atoms in total. The van der Waals surface area contributed by atoms with Gasteiger partial charge in [-0.25, -0.2) is 9.48 Å². The van der Waals surface area contributed by atoms with Crippen molar-refractivity contribution in [2.45, 2.75) is 19.3 Å². The van der Waals surface area contributed by atoms with Gasteiger partial charge >= 0.3 is 6.03 Å². The molecule has 0 radical (unpaired) electrons. The summed E-state index contributed by atoms with van der Waals surface area (Å²) in [5.41, 5.74) is 9.95. The van der Waals surface area contributed by atoms with E-state index in [1.54, 1.807) is 22.7 Å². The Morgan fingerprint density at radius 1 is 1.14 bits per heavy atom. The Labute approximate surface area is 216 Å². The molecule has 5 rings (SSSR count). The highest BCUT2D eigenvalue weighted by Crippen LogP contribution is 2.30. The molecule has 1 atom stereocenters. The van der Waals surface area contributed by atoms with Gasteiger partial charge in [-0.1, -0.05) is 18.2 Å². The summed E-state index contributed by atoms with van der Waals surface area (Å²) in [5.74, 6) is 1.22. The molecule has 1 fully saturated rings. The van der Waals surface area contributed by atoms with Crippen LogP contribution in [0.4, 0.5) is 10.6 Å². The molecular weight excluding hydrogens is 470 g/mol. The number of methoxy groups -OCH3 is 1. The Balaban J connectivity index is 0.000000186. The summed E-state index contributed by atoms with van der Waals surface area (Å²) in [6.07, 6.45) is 8.97. The Morgan fingerprint density at radius 3 is 2.49 bits per heavy atom. The Bertz CT molecular complexity index is 1310. The normalized spacial score (nSPS) is 15.4. The maximum atomic E-state index is 11.3. The fourth-order valence-electron chi connectivity index (χ4n) is 4.51. The second-order valence-corrected chi connectivity index (χ2v) is 9.19. The number of hydrogen-bond donors (Lipinski definition) is 2. The van der Waals surface area contributed by atoms with Crippen LogP contribution < -0.4 is 11.1 Å². The minimum absolute atomic E-state index is 0.553. The molecule has 37 heavy (non-hydrogen) atoms. The first-order valence-electron chi connectivity index (χ1n) is 12.3. The van der Waals surface area contributed by atoms with Crippen LogP contribution in [0.5, 0.6) is 0 Å². The Hall–Kier alpha value is -3.96. The lowest BCUT2D eigenvalue weighted by molar-refractivity contribution is 0.160. The predicted molar refractivity (Wildman–Crippen MR) is 143 cm³/mol. The van der Waals surface area contributed by atoms with Crippen LogP contribution in [0.15, 0.2) is 55.1 Å². The van der Waals surface area contributed by atoms with E-state index in [4.69, 9.17) is 10.5 Å². The van der Waals surface area contributed by atoms with E-state index in [1.165, 1.54) is 18.5 Å². The van der Waals surface area contributed by atoms with Gasteiger partial charge in [0, 0.05) is 63.7 Å². The number of amides is 2. The number of urea groups is 1. The standard InChI is InChI=1S/C15H16N6O.C11H19N3O/c1-10-13(11-8-17-20(2)9-11)19-21(14(10)18-15(16)22)12-6-4-3-5-7-12;1-13-8-11(7-12-13)10-3-4-14(9-10)5-6-15-2/h3-9H,1-2H3,(H3,16,18,22);7-8,10H,3-6,9H2,1-2H3. The van der Waals surface area contributed by atoms with Crippen LogP contribution in [0, 0.1) is 6.92 Å². The second kappa shape index (κ2) is 11.8. The molecule has 1 aromatic carbocycles. The highest BCUT2D eigenvalue weighted by Gasteiger charge is 2.24. The third-order valence-electron chi connectivity index (χ3n) is 6.42. The van der Waals surface area contributed by atoms with E-state index in [-0.39, 0.29) is 0 Å². The van der Waals surface area contributed by atoms with Crippen LogP contribution in [0.1, 0.15) is 23.5 Å². The third kappa shape index (κ3) is 6.43. The Kier molecular flexibility index (Phi) is 8.36. The maximum absolute atomic E-state index is 11.3. The van der Waals surface area contributed by atoms with E-state index in [9.17, 15) is 4.79 Å². The zero-order valence-corrected chi connectivity index (χ0v) is 21.8. The van der Waals surface area contributed by atoms with Gasteiger partial charge in [0.1, 0.15) is 11.5 Å². The largest absolute Gasteiger partial charge is 0.383 e. The highest BCUT2D eigenvalue weighted by atomic mass is 16.5. The fourth-order valence-corrected chi connectivity index (χ4v) is 4.51. The molecule has 0 aliphatic carbocycles. The smallest absolute Gasteiger partial charge is 0.317 e. The summed E-state index contributed by atoms with van der Waals surface area (Å²) in [5, 5.41) is 15.6. The van der Waals surface area contributed by atoms with Crippen LogP contribution in [0.3, 0.4) is 0 Å². The molecule has 4 heterocycles. The molecule has 0 saturated carbocycles. The van der Waals surface area contributed by atoms with Gasteiger partial charge in [-0.15, -0.1) is 0 Å². The van der Waals surface area contributed by atoms with E-state index in [0.717, 1.165) is 42.2 Å². The number of primary amides is 1. The molecule has 3 aromatic heterocycles. The highest BCUT2D eigenvalue weighted by molar-refractivity contribution is 5.89. The van der Waals surface area contributed by atoms with Crippen LogP contribution in [-0.2, 0) is 18.8 Å². The summed E-state index contributed by atoms with van der Waals surface area (Å²) >= 11 is 0. The van der Waals surface area contributed by atoms with Crippen molar-refractivity contribution in [2.75, 3.05) is 38.7 Å². The molecular formula is C26H35N9O2. The number of likely N-dealkylation sites (tertiary alicyclic amines) is 1. The first-order chi connectivity index (χ1) is 17.9. The van der Waals surface area contributed by atoms with Crippen LogP contribution in [0.2, 0.25) is 0 Å². The predicted octanol–water partition coefficient (Wildman–Crippen LogP) is 2.93. The number of rotatable bonds is 7. The van der Waals surface area contributed by atoms with Crippen molar-refractivity contribution in [2.24, 2.45) is 19.8 Å². The second-order valence-electron chi connectivity index (χ2n) is 9.19. The summed E-state index contributed by atoms with van der Waals surface area (Å²) in [6, 6.07) is 8.92. The van der Waals surface area contributed by atoms with Crippen molar-refractivity contribution in [3.63, 3.8) is 0 Å². The van der Waals surface area contributed by atoms with Gasteiger partial charge in [-0.3, -0.25) is 14.7 Å². The molecule has 0 spiro atoms. The van der Waals surface area contributed by atoms with Crippen molar-refractivity contribution in [3.8, 4) is 16.9 Å². The number of anilines is 1. The van der Waals surface area contributed by atoms with Crippen molar-refractivity contribution in [1.82, 2.24) is 34.2 Å². The first-order valence-corrected chi connectivity index (χ1v) is 12.3. The Morgan fingerprint density at radius 2 is 1.86 bits per heavy atom. The number of hydrogen-bond acceptors (Lipinski definition) is 6. The number of nitrogens with one attached hydrogen (secondary N) is 1. The van der Waals surface area contributed by atoms with E-state index in [2.05, 4.69) is 31.7 Å². The van der Waals surface area contributed by atoms with Gasteiger partial charge < -0.3 is 15.4 Å². The van der Waals surface area contributed by atoms with Crippen molar-refractivity contribution >= 4 is 11.8 Å². The molecule has 1 unspecified atom stereocenters. The quantitative estimate of drug-likeness (QED) is 0.398. The lowest BCUT2D eigenvalue weighted by atomic mass is 10.0. The monoisotopic (exact) mass is 505 g/mol. The number of benzene rings is 1. The maximum Gasteiger partial charge on any atom is 0.317 e. The fraction of sp³-hybridized carbons (Fsp3) is 0.385. The van der Waals surface area contributed by atoms with Gasteiger partial charge in [0.25, 0.3) is 0 Å². The zero-order valence-electron chi connectivity index (χ0n) is 21.8. The number of ether oxygens (including phenoxy) is 1.